The standard InChI is InChI=1S/C9H16ClN3S/c1-14-7-3-6-13-8-9(11-12-13)4-2-5-10/h8H,2-7H2,1H3. The van der Waals surface area contributed by atoms with Crippen molar-refractivity contribution in [3.63, 3.8) is 0 Å². The fourth-order valence-corrected chi connectivity index (χ4v) is 1.73. The molecule has 0 atom stereocenters. The number of aromatic nitrogens is 3. The van der Waals surface area contributed by atoms with Crippen LogP contribution < -0.4 is 0 Å². The minimum Gasteiger partial charge on any atom is -0.252 e. The van der Waals surface area contributed by atoms with E-state index in [9.17, 15) is 0 Å². The molecule has 5 heteroatoms. The van der Waals surface area contributed by atoms with Crippen LogP contribution in [0.4, 0.5) is 0 Å². The maximum Gasteiger partial charge on any atom is 0.0827 e. The summed E-state index contributed by atoms with van der Waals surface area (Å²) >= 11 is 7.47. The summed E-state index contributed by atoms with van der Waals surface area (Å²) in [5, 5.41) is 8.14. The third kappa shape index (κ3) is 4.33. The molecule has 0 aliphatic carbocycles. The molecule has 0 aliphatic rings. The molecule has 80 valence electrons. The second-order valence-corrected chi connectivity index (χ2v) is 4.48. The van der Waals surface area contributed by atoms with E-state index in [1.165, 1.54) is 5.75 Å². The number of rotatable bonds is 7. The molecular weight excluding hydrogens is 218 g/mol. The molecule has 0 amide bonds. The maximum absolute atomic E-state index is 5.60. The molecule has 0 saturated heterocycles. The summed E-state index contributed by atoms with van der Waals surface area (Å²) in [6.45, 7) is 0.967. The predicted octanol–water partition coefficient (Wildman–Crippen LogP) is 2.20. The van der Waals surface area contributed by atoms with Gasteiger partial charge < -0.3 is 0 Å². The van der Waals surface area contributed by atoms with Gasteiger partial charge in [-0.15, -0.1) is 16.7 Å². The van der Waals surface area contributed by atoms with Gasteiger partial charge in [0.15, 0.2) is 0 Å². The van der Waals surface area contributed by atoms with Gasteiger partial charge in [-0.2, -0.15) is 11.8 Å². The van der Waals surface area contributed by atoms with Crippen molar-refractivity contribution >= 4 is 23.4 Å². The molecule has 0 saturated carbocycles. The lowest BCUT2D eigenvalue weighted by molar-refractivity contribution is 0.582. The first-order chi connectivity index (χ1) is 6.86. The van der Waals surface area contributed by atoms with Crippen molar-refractivity contribution < 1.29 is 0 Å². The summed E-state index contributed by atoms with van der Waals surface area (Å²) in [7, 11) is 0. The third-order valence-electron chi connectivity index (χ3n) is 1.89. The van der Waals surface area contributed by atoms with E-state index in [0.29, 0.717) is 5.88 Å². The number of hydrogen-bond donors (Lipinski definition) is 0. The van der Waals surface area contributed by atoms with Gasteiger partial charge in [0.05, 0.1) is 5.69 Å². The van der Waals surface area contributed by atoms with Crippen molar-refractivity contribution in [2.75, 3.05) is 17.9 Å². The van der Waals surface area contributed by atoms with Crippen molar-refractivity contribution in [2.45, 2.75) is 25.8 Å². The molecule has 0 bridgehead atoms. The second-order valence-electron chi connectivity index (χ2n) is 3.11. The van der Waals surface area contributed by atoms with E-state index in [0.717, 1.165) is 31.5 Å². The van der Waals surface area contributed by atoms with Crippen molar-refractivity contribution in [3.8, 4) is 0 Å². The Kier molecular flexibility index (Phi) is 6.03. The largest absolute Gasteiger partial charge is 0.252 e. The zero-order chi connectivity index (χ0) is 10.2. The lowest BCUT2D eigenvalue weighted by Crippen LogP contribution is -1.99. The molecular formula is C9H16ClN3S. The van der Waals surface area contributed by atoms with E-state index in [1.807, 2.05) is 22.6 Å². The summed E-state index contributed by atoms with van der Waals surface area (Å²) in [5.74, 6) is 1.87. The second kappa shape index (κ2) is 7.12. The molecule has 0 aliphatic heterocycles. The predicted molar refractivity (Wildman–Crippen MR) is 62.1 cm³/mol. The number of halogens is 1. The van der Waals surface area contributed by atoms with Crippen LogP contribution in [0.3, 0.4) is 0 Å². The average Bonchev–Trinajstić information content (AvgIpc) is 2.63. The lowest BCUT2D eigenvalue weighted by Gasteiger charge is -1.97. The van der Waals surface area contributed by atoms with Crippen LogP contribution in [0.15, 0.2) is 6.20 Å². The number of aryl methyl sites for hydroxylation is 2. The monoisotopic (exact) mass is 233 g/mol. The van der Waals surface area contributed by atoms with E-state index in [1.54, 1.807) is 0 Å². The minimum absolute atomic E-state index is 0.694. The normalized spacial score (nSPS) is 10.7. The Labute approximate surface area is 94.2 Å². The lowest BCUT2D eigenvalue weighted by atomic mass is 10.3. The highest BCUT2D eigenvalue weighted by Gasteiger charge is 1.99. The number of hydrogen-bond acceptors (Lipinski definition) is 3. The van der Waals surface area contributed by atoms with Crippen LogP contribution in [0, 0.1) is 0 Å². The highest BCUT2D eigenvalue weighted by Crippen LogP contribution is 2.01. The van der Waals surface area contributed by atoms with Gasteiger partial charge in [-0.05, 0) is 31.3 Å². The van der Waals surface area contributed by atoms with Gasteiger partial charge in [0, 0.05) is 18.6 Å². The van der Waals surface area contributed by atoms with Crippen LogP contribution in [-0.2, 0) is 13.0 Å². The van der Waals surface area contributed by atoms with Gasteiger partial charge in [-0.25, -0.2) is 0 Å². The Morgan fingerprint density at radius 2 is 2.36 bits per heavy atom. The first kappa shape index (κ1) is 11.9. The zero-order valence-corrected chi connectivity index (χ0v) is 10.0. The summed E-state index contributed by atoms with van der Waals surface area (Å²) in [4.78, 5) is 0. The first-order valence-electron chi connectivity index (χ1n) is 4.80. The third-order valence-corrected chi connectivity index (χ3v) is 2.85. The molecule has 3 nitrogen and oxygen atoms in total. The molecule has 0 aromatic carbocycles. The summed E-state index contributed by atoms with van der Waals surface area (Å²) in [6.07, 6.45) is 7.21. The van der Waals surface area contributed by atoms with Crippen LogP contribution in [-0.4, -0.2) is 32.9 Å². The van der Waals surface area contributed by atoms with Gasteiger partial charge in [-0.3, -0.25) is 4.68 Å². The fraction of sp³-hybridized carbons (Fsp3) is 0.778. The van der Waals surface area contributed by atoms with Gasteiger partial charge in [0.2, 0.25) is 0 Å². The molecule has 1 rings (SSSR count). The topological polar surface area (TPSA) is 30.7 Å². The number of nitrogens with zero attached hydrogens (tertiary/aromatic N) is 3. The molecule has 0 fully saturated rings. The Bertz CT molecular complexity index is 252. The molecule has 0 N–H and O–H groups in total. The summed E-state index contributed by atoms with van der Waals surface area (Å²) < 4.78 is 1.92. The Hall–Kier alpha value is -0.220. The van der Waals surface area contributed by atoms with Crippen LogP contribution in [0.25, 0.3) is 0 Å². The molecule has 1 aromatic heterocycles. The summed E-state index contributed by atoms with van der Waals surface area (Å²) in [5.41, 5.74) is 1.05. The smallest absolute Gasteiger partial charge is 0.0827 e. The van der Waals surface area contributed by atoms with Gasteiger partial charge >= 0.3 is 0 Å². The molecule has 1 heterocycles. The van der Waals surface area contributed by atoms with Crippen molar-refractivity contribution in [2.24, 2.45) is 0 Å². The Balaban J connectivity index is 2.27. The Morgan fingerprint density at radius 1 is 1.50 bits per heavy atom. The zero-order valence-electron chi connectivity index (χ0n) is 8.45. The molecule has 1 aromatic rings. The van der Waals surface area contributed by atoms with Crippen molar-refractivity contribution in [1.82, 2.24) is 15.0 Å². The highest BCUT2D eigenvalue weighted by atomic mass is 35.5. The first-order valence-corrected chi connectivity index (χ1v) is 6.73. The van der Waals surface area contributed by atoms with Crippen LogP contribution in [0.5, 0.6) is 0 Å². The SMILES string of the molecule is CSCCCn1cc(CCCCl)nn1. The van der Waals surface area contributed by atoms with Crippen LogP contribution in [0.2, 0.25) is 0 Å². The van der Waals surface area contributed by atoms with Gasteiger partial charge in [0.25, 0.3) is 0 Å². The molecule has 0 unspecified atom stereocenters. The van der Waals surface area contributed by atoms with Crippen molar-refractivity contribution in [3.05, 3.63) is 11.9 Å². The van der Waals surface area contributed by atoms with Crippen LogP contribution >= 0.6 is 23.4 Å². The fourth-order valence-electron chi connectivity index (χ4n) is 1.18. The molecule has 14 heavy (non-hydrogen) atoms. The van der Waals surface area contributed by atoms with Gasteiger partial charge in [0.1, 0.15) is 0 Å². The van der Waals surface area contributed by atoms with E-state index in [2.05, 4.69) is 16.6 Å². The quantitative estimate of drug-likeness (QED) is 0.535. The van der Waals surface area contributed by atoms with Crippen LogP contribution in [0.1, 0.15) is 18.5 Å². The van der Waals surface area contributed by atoms with E-state index < -0.39 is 0 Å². The molecule has 0 spiro atoms. The Morgan fingerprint density at radius 3 is 3.07 bits per heavy atom. The van der Waals surface area contributed by atoms with E-state index in [-0.39, 0.29) is 0 Å². The van der Waals surface area contributed by atoms with E-state index in [4.69, 9.17) is 11.6 Å². The molecule has 0 radical (unpaired) electrons. The van der Waals surface area contributed by atoms with E-state index >= 15 is 0 Å². The maximum atomic E-state index is 5.60. The average molecular weight is 234 g/mol. The number of thioether (sulfide) groups is 1. The highest BCUT2D eigenvalue weighted by molar-refractivity contribution is 7.98. The van der Waals surface area contributed by atoms with Gasteiger partial charge in [-0.1, -0.05) is 5.21 Å². The minimum atomic E-state index is 0.694. The number of alkyl halides is 1. The van der Waals surface area contributed by atoms with Crippen molar-refractivity contribution in [1.29, 1.82) is 0 Å². The summed E-state index contributed by atoms with van der Waals surface area (Å²) in [6, 6.07) is 0.